The van der Waals surface area contributed by atoms with E-state index >= 15 is 0 Å². The van der Waals surface area contributed by atoms with Gasteiger partial charge in [0.05, 0.1) is 6.26 Å². The lowest BCUT2D eigenvalue weighted by Crippen LogP contribution is -2.53. The van der Waals surface area contributed by atoms with Gasteiger partial charge >= 0.3 is 0 Å². The number of hydrogen-bond acceptors (Lipinski definition) is 5. The predicted octanol–water partition coefficient (Wildman–Crippen LogP) is 1.88. The van der Waals surface area contributed by atoms with Gasteiger partial charge in [0.15, 0.2) is 0 Å². The topological polar surface area (TPSA) is 74.0 Å². The van der Waals surface area contributed by atoms with Crippen LogP contribution >= 0.6 is 0 Å². The van der Waals surface area contributed by atoms with E-state index in [9.17, 15) is 13.5 Å². The molecule has 6 nitrogen and oxygen atoms in total. The van der Waals surface area contributed by atoms with E-state index in [1.807, 2.05) is 19.1 Å². The molecule has 22 heavy (non-hydrogen) atoms. The average Bonchev–Trinajstić information content (AvgIpc) is 3.03. The molecule has 0 radical (unpaired) electrons. The summed E-state index contributed by atoms with van der Waals surface area (Å²) in [6.07, 6.45) is 1.36. The molecule has 1 N–H and O–H groups in total. The molecule has 1 saturated heterocycles. The smallest absolute Gasteiger partial charge is 0.276 e. The Balaban J connectivity index is 1.76. The first-order chi connectivity index (χ1) is 10.5. The second-order valence-electron chi connectivity index (χ2n) is 5.35. The van der Waals surface area contributed by atoms with Crippen LogP contribution in [0.5, 0.6) is 5.75 Å². The van der Waals surface area contributed by atoms with Crippen LogP contribution in [0.4, 0.5) is 5.69 Å². The van der Waals surface area contributed by atoms with Crippen molar-refractivity contribution in [2.24, 2.45) is 0 Å². The number of aromatic hydroxyl groups is 1. The number of benzene rings is 1. The molecule has 0 unspecified atom stereocenters. The number of sulfonamides is 1. The first kappa shape index (κ1) is 14.9. The minimum atomic E-state index is -3.56. The molecule has 1 atom stereocenters. The number of piperazine rings is 1. The molecule has 0 saturated carbocycles. The Labute approximate surface area is 129 Å². The number of rotatable bonds is 3. The largest absolute Gasteiger partial charge is 0.508 e. The van der Waals surface area contributed by atoms with Gasteiger partial charge in [-0.2, -0.15) is 4.31 Å². The van der Waals surface area contributed by atoms with Crippen LogP contribution in [0.15, 0.2) is 52.2 Å². The molecule has 3 rings (SSSR count). The lowest BCUT2D eigenvalue weighted by Gasteiger charge is -2.40. The van der Waals surface area contributed by atoms with Crippen LogP contribution in [0.2, 0.25) is 0 Å². The number of furan rings is 1. The maximum Gasteiger partial charge on any atom is 0.276 e. The summed E-state index contributed by atoms with van der Waals surface area (Å²) < 4.78 is 31.4. The van der Waals surface area contributed by atoms with Crippen molar-refractivity contribution in [3.05, 3.63) is 42.7 Å². The minimum Gasteiger partial charge on any atom is -0.508 e. The minimum absolute atomic E-state index is 0.0159. The fourth-order valence-corrected chi connectivity index (χ4v) is 4.12. The van der Waals surface area contributed by atoms with Gasteiger partial charge in [-0.3, -0.25) is 0 Å². The molecule has 0 amide bonds. The zero-order valence-corrected chi connectivity index (χ0v) is 13.0. The lowest BCUT2D eigenvalue weighted by atomic mass is 10.2. The fourth-order valence-electron chi connectivity index (χ4n) is 2.71. The summed E-state index contributed by atoms with van der Waals surface area (Å²) in [7, 11) is -3.56. The van der Waals surface area contributed by atoms with Gasteiger partial charge in [-0.1, -0.05) is 0 Å². The van der Waals surface area contributed by atoms with Crippen molar-refractivity contribution in [1.29, 1.82) is 0 Å². The highest BCUT2D eigenvalue weighted by Crippen LogP contribution is 2.25. The maximum absolute atomic E-state index is 12.5. The molecule has 2 heterocycles. The molecule has 2 aromatic rings. The Bertz CT molecular complexity index is 725. The highest BCUT2D eigenvalue weighted by molar-refractivity contribution is 7.89. The van der Waals surface area contributed by atoms with Crippen molar-refractivity contribution < 1.29 is 17.9 Å². The number of phenols is 1. The molecule has 0 aliphatic carbocycles. The van der Waals surface area contributed by atoms with Crippen LogP contribution in [0.25, 0.3) is 0 Å². The van der Waals surface area contributed by atoms with Crippen LogP contribution in [0.3, 0.4) is 0 Å². The van der Waals surface area contributed by atoms with Gasteiger partial charge in [-0.05, 0) is 43.3 Å². The van der Waals surface area contributed by atoms with Gasteiger partial charge in [0.1, 0.15) is 5.75 Å². The zero-order chi connectivity index (χ0) is 15.7. The SMILES string of the molecule is C[C@H]1CN(S(=O)(=O)c2ccco2)CCN1c1ccc(O)cc1. The average molecular weight is 322 g/mol. The van der Waals surface area contributed by atoms with Gasteiger partial charge in [0, 0.05) is 31.4 Å². The van der Waals surface area contributed by atoms with Gasteiger partial charge < -0.3 is 14.4 Å². The van der Waals surface area contributed by atoms with E-state index in [4.69, 9.17) is 4.42 Å². The quantitative estimate of drug-likeness (QED) is 0.934. The molecule has 118 valence electrons. The zero-order valence-electron chi connectivity index (χ0n) is 12.2. The molecule has 0 spiro atoms. The molecule has 1 aromatic heterocycles. The van der Waals surface area contributed by atoms with Crippen LogP contribution in [-0.4, -0.2) is 43.5 Å². The second-order valence-corrected chi connectivity index (χ2v) is 7.22. The molecular formula is C15H18N2O4S. The van der Waals surface area contributed by atoms with Gasteiger partial charge in [0.2, 0.25) is 5.09 Å². The first-order valence-corrected chi connectivity index (χ1v) is 8.52. The molecule has 1 aromatic carbocycles. The summed E-state index contributed by atoms with van der Waals surface area (Å²) in [5.41, 5.74) is 0.973. The third-order valence-electron chi connectivity index (χ3n) is 3.86. The van der Waals surface area contributed by atoms with E-state index in [0.717, 1.165) is 5.69 Å². The molecule has 1 aliphatic heterocycles. The first-order valence-electron chi connectivity index (χ1n) is 7.08. The number of phenolic OH excluding ortho intramolecular Hbond substituents is 1. The number of nitrogens with zero attached hydrogens (tertiary/aromatic N) is 2. The standard InChI is InChI=1S/C15H18N2O4S/c1-12-11-16(22(19,20)15-3-2-10-21-15)8-9-17(12)13-4-6-14(18)7-5-13/h2-7,10,12,18H,8-9,11H2,1H3/t12-/m0/s1. The van der Waals surface area contributed by atoms with E-state index in [2.05, 4.69) is 4.90 Å². The van der Waals surface area contributed by atoms with E-state index < -0.39 is 10.0 Å². The van der Waals surface area contributed by atoms with Crippen molar-refractivity contribution in [2.75, 3.05) is 24.5 Å². The normalized spacial score (nSPS) is 20.2. The van der Waals surface area contributed by atoms with E-state index in [-0.39, 0.29) is 16.9 Å². The summed E-state index contributed by atoms with van der Waals surface area (Å²) in [6, 6.07) is 10.0. The third kappa shape index (κ3) is 2.69. The molecule has 0 bridgehead atoms. The van der Waals surface area contributed by atoms with Gasteiger partial charge in [-0.25, -0.2) is 8.42 Å². The highest BCUT2D eigenvalue weighted by Gasteiger charge is 2.33. The predicted molar refractivity (Wildman–Crippen MR) is 82.4 cm³/mol. The second kappa shape index (κ2) is 5.66. The Kier molecular flexibility index (Phi) is 3.84. The Hall–Kier alpha value is -1.99. The van der Waals surface area contributed by atoms with E-state index in [1.54, 1.807) is 18.2 Å². The van der Waals surface area contributed by atoms with Crippen LogP contribution < -0.4 is 4.90 Å². The van der Waals surface area contributed by atoms with E-state index in [1.165, 1.54) is 16.6 Å². The molecular weight excluding hydrogens is 304 g/mol. The summed E-state index contributed by atoms with van der Waals surface area (Å²) in [6.45, 7) is 3.36. The Morgan fingerprint density at radius 1 is 1.18 bits per heavy atom. The van der Waals surface area contributed by atoms with Gasteiger partial charge in [0.25, 0.3) is 10.0 Å². The monoisotopic (exact) mass is 322 g/mol. The summed E-state index contributed by atoms with van der Waals surface area (Å²) >= 11 is 0. The maximum atomic E-state index is 12.5. The Morgan fingerprint density at radius 2 is 1.91 bits per heavy atom. The molecule has 1 fully saturated rings. The third-order valence-corrected chi connectivity index (χ3v) is 5.61. The molecule has 1 aliphatic rings. The van der Waals surface area contributed by atoms with Crippen molar-refractivity contribution >= 4 is 15.7 Å². The van der Waals surface area contributed by atoms with Gasteiger partial charge in [-0.15, -0.1) is 0 Å². The number of hydrogen-bond donors (Lipinski definition) is 1. The highest BCUT2D eigenvalue weighted by atomic mass is 32.2. The van der Waals surface area contributed by atoms with Crippen molar-refractivity contribution in [1.82, 2.24) is 4.31 Å². The van der Waals surface area contributed by atoms with Crippen molar-refractivity contribution in [3.63, 3.8) is 0 Å². The van der Waals surface area contributed by atoms with Crippen LogP contribution in [-0.2, 0) is 10.0 Å². The van der Waals surface area contributed by atoms with Crippen molar-refractivity contribution in [3.8, 4) is 5.75 Å². The fraction of sp³-hybridized carbons (Fsp3) is 0.333. The van der Waals surface area contributed by atoms with Crippen molar-refractivity contribution in [2.45, 2.75) is 18.1 Å². The lowest BCUT2D eigenvalue weighted by molar-refractivity contribution is 0.329. The number of anilines is 1. The van der Waals surface area contributed by atoms with Crippen LogP contribution in [0.1, 0.15) is 6.92 Å². The Morgan fingerprint density at radius 3 is 2.50 bits per heavy atom. The van der Waals surface area contributed by atoms with E-state index in [0.29, 0.717) is 19.6 Å². The summed E-state index contributed by atoms with van der Waals surface area (Å²) in [4.78, 5) is 2.13. The summed E-state index contributed by atoms with van der Waals surface area (Å²) in [5.74, 6) is 0.218. The molecule has 7 heteroatoms. The van der Waals surface area contributed by atoms with Crippen LogP contribution in [0, 0.1) is 0 Å². The summed E-state index contributed by atoms with van der Waals surface area (Å²) in [5, 5.41) is 9.34.